The van der Waals surface area contributed by atoms with E-state index in [0.29, 0.717) is 12.6 Å². The Morgan fingerprint density at radius 3 is 2.89 bits per heavy atom. The molecule has 0 spiro atoms. The number of benzene rings is 1. The number of carbonyl (C=O) groups is 1. The second-order valence-electron chi connectivity index (χ2n) is 5.47. The van der Waals surface area contributed by atoms with Gasteiger partial charge in [0, 0.05) is 30.9 Å². The summed E-state index contributed by atoms with van der Waals surface area (Å²) >= 11 is 0. The van der Waals surface area contributed by atoms with Crippen LogP contribution in [0.3, 0.4) is 0 Å². The van der Waals surface area contributed by atoms with Gasteiger partial charge in [0.15, 0.2) is 0 Å². The molecule has 1 saturated carbocycles. The first-order valence-corrected chi connectivity index (χ1v) is 6.65. The molecular weight excluding hydrogens is 238 g/mol. The van der Waals surface area contributed by atoms with Crippen molar-refractivity contribution in [3.05, 3.63) is 41.7 Å². The van der Waals surface area contributed by atoms with Gasteiger partial charge in [-0.05, 0) is 36.1 Å². The van der Waals surface area contributed by atoms with Crippen LogP contribution >= 0.6 is 0 Å². The zero-order valence-electron chi connectivity index (χ0n) is 10.8. The highest BCUT2D eigenvalue weighted by molar-refractivity contribution is 5.98. The van der Waals surface area contributed by atoms with Crippen molar-refractivity contribution < 1.29 is 4.79 Å². The van der Waals surface area contributed by atoms with E-state index in [2.05, 4.69) is 22.0 Å². The molecule has 0 radical (unpaired) electrons. The van der Waals surface area contributed by atoms with Gasteiger partial charge in [-0.15, -0.1) is 0 Å². The van der Waals surface area contributed by atoms with E-state index in [1.54, 1.807) is 4.90 Å². The van der Waals surface area contributed by atoms with Crippen molar-refractivity contribution in [2.75, 3.05) is 7.05 Å². The minimum atomic E-state index is 0.121. The van der Waals surface area contributed by atoms with E-state index in [-0.39, 0.29) is 5.91 Å². The van der Waals surface area contributed by atoms with Gasteiger partial charge in [-0.25, -0.2) is 0 Å². The third-order valence-corrected chi connectivity index (χ3v) is 3.95. The van der Waals surface area contributed by atoms with Gasteiger partial charge in [0.25, 0.3) is 5.91 Å². The topological polar surface area (TPSA) is 38.1 Å². The van der Waals surface area contributed by atoms with E-state index in [0.717, 1.165) is 22.3 Å². The molecule has 1 aromatic carbocycles. The Kier molecular flexibility index (Phi) is 2.10. The van der Waals surface area contributed by atoms with Gasteiger partial charge < -0.3 is 4.90 Å². The minimum absolute atomic E-state index is 0.121. The van der Waals surface area contributed by atoms with E-state index >= 15 is 0 Å². The molecule has 0 bridgehead atoms. The number of rotatable bonds is 2. The van der Waals surface area contributed by atoms with Crippen molar-refractivity contribution in [3.8, 4) is 11.1 Å². The number of fused-ring (bicyclic) bond motifs is 1. The van der Waals surface area contributed by atoms with Gasteiger partial charge in [0.2, 0.25) is 0 Å². The largest absolute Gasteiger partial charge is 0.337 e. The molecule has 1 fully saturated rings. The smallest absolute Gasteiger partial charge is 0.254 e. The van der Waals surface area contributed by atoms with E-state index < -0.39 is 0 Å². The van der Waals surface area contributed by atoms with Crippen LogP contribution in [0, 0.1) is 0 Å². The molecule has 1 aromatic heterocycles. The van der Waals surface area contributed by atoms with Crippen LogP contribution in [0.5, 0.6) is 0 Å². The standard InChI is InChI=1S/C15H15N3O/c1-17-8-11-6-10(2-5-14(11)15(17)19)12-7-16-18(9-12)13-3-4-13/h2,5-7,9,13H,3-4,8H2,1H3. The van der Waals surface area contributed by atoms with Gasteiger partial charge in [0.05, 0.1) is 12.2 Å². The Bertz CT molecular complexity index is 670. The van der Waals surface area contributed by atoms with Gasteiger partial charge in [-0.2, -0.15) is 5.10 Å². The number of carbonyl (C=O) groups excluding carboxylic acids is 1. The fourth-order valence-electron chi connectivity index (χ4n) is 2.67. The van der Waals surface area contributed by atoms with Crippen LogP contribution in [0.25, 0.3) is 11.1 Å². The molecule has 1 aliphatic heterocycles. The second-order valence-corrected chi connectivity index (χ2v) is 5.47. The number of amides is 1. The quantitative estimate of drug-likeness (QED) is 0.824. The summed E-state index contributed by atoms with van der Waals surface area (Å²) in [5.41, 5.74) is 4.23. The molecule has 2 heterocycles. The van der Waals surface area contributed by atoms with Crippen LogP contribution in [0.2, 0.25) is 0 Å². The van der Waals surface area contributed by atoms with Crippen LogP contribution in [-0.2, 0) is 6.54 Å². The summed E-state index contributed by atoms with van der Waals surface area (Å²) in [6.07, 6.45) is 6.51. The molecule has 1 amide bonds. The first-order chi connectivity index (χ1) is 9.22. The van der Waals surface area contributed by atoms with E-state index in [4.69, 9.17) is 0 Å². The Labute approximate surface area is 111 Å². The van der Waals surface area contributed by atoms with Gasteiger partial charge in [0.1, 0.15) is 0 Å². The molecular formula is C15H15N3O. The van der Waals surface area contributed by atoms with E-state index in [1.807, 2.05) is 25.4 Å². The monoisotopic (exact) mass is 253 g/mol. The number of nitrogens with zero attached hydrogens (tertiary/aromatic N) is 3. The molecule has 4 rings (SSSR count). The van der Waals surface area contributed by atoms with E-state index in [1.165, 1.54) is 12.8 Å². The minimum Gasteiger partial charge on any atom is -0.337 e. The lowest BCUT2D eigenvalue weighted by Gasteiger charge is -2.04. The normalized spacial score (nSPS) is 17.9. The fraction of sp³-hybridized carbons (Fsp3) is 0.333. The maximum absolute atomic E-state index is 11.9. The molecule has 0 saturated heterocycles. The summed E-state index contributed by atoms with van der Waals surface area (Å²) in [5.74, 6) is 0.121. The lowest BCUT2D eigenvalue weighted by atomic mass is 10.0. The van der Waals surface area contributed by atoms with Crippen molar-refractivity contribution in [3.63, 3.8) is 0 Å². The number of hydrogen-bond donors (Lipinski definition) is 0. The summed E-state index contributed by atoms with van der Waals surface area (Å²) < 4.78 is 2.06. The third-order valence-electron chi connectivity index (χ3n) is 3.95. The fourth-order valence-corrected chi connectivity index (χ4v) is 2.67. The van der Waals surface area contributed by atoms with Crippen molar-refractivity contribution in [1.82, 2.24) is 14.7 Å². The van der Waals surface area contributed by atoms with Gasteiger partial charge >= 0.3 is 0 Å². The molecule has 19 heavy (non-hydrogen) atoms. The summed E-state index contributed by atoms with van der Waals surface area (Å²) in [6.45, 7) is 0.707. The molecule has 96 valence electrons. The maximum atomic E-state index is 11.9. The molecule has 2 aliphatic rings. The molecule has 0 unspecified atom stereocenters. The molecule has 4 heteroatoms. The predicted octanol–water partition coefficient (Wildman–Crippen LogP) is 2.47. The first kappa shape index (κ1) is 10.8. The zero-order valence-corrected chi connectivity index (χ0v) is 10.8. The molecule has 2 aromatic rings. The third kappa shape index (κ3) is 1.67. The average Bonchev–Trinajstić information content (AvgIpc) is 3.08. The Morgan fingerprint density at radius 1 is 1.26 bits per heavy atom. The van der Waals surface area contributed by atoms with Crippen molar-refractivity contribution >= 4 is 5.91 Å². The highest BCUT2D eigenvalue weighted by Gasteiger charge is 2.26. The lowest BCUT2D eigenvalue weighted by Crippen LogP contribution is -2.17. The average molecular weight is 253 g/mol. The van der Waals surface area contributed by atoms with Gasteiger partial charge in [-0.1, -0.05) is 6.07 Å². The SMILES string of the molecule is CN1Cc2cc(-c3cnn(C4CC4)c3)ccc2C1=O. The summed E-state index contributed by atoms with van der Waals surface area (Å²) in [5, 5.41) is 4.42. The van der Waals surface area contributed by atoms with Crippen LogP contribution in [0.15, 0.2) is 30.6 Å². The number of hydrogen-bond acceptors (Lipinski definition) is 2. The molecule has 4 nitrogen and oxygen atoms in total. The van der Waals surface area contributed by atoms with Crippen molar-refractivity contribution in [2.45, 2.75) is 25.4 Å². The van der Waals surface area contributed by atoms with Crippen LogP contribution < -0.4 is 0 Å². The zero-order chi connectivity index (χ0) is 13.0. The van der Waals surface area contributed by atoms with Crippen LogP contribution in [0.1, 0.15) is 34.8 Å². The Hall–Kier alpha value is -2.10. The van der Waals surface area contributed by atoms with Gasteiger partial charge in [-0.3, -0.25) is 9.48 Å². The maximum Gasteiger partial charge on any atom is 0.254 e. The Balaban J connectivity index is 1.72. The molecule has 0 atom stereocenters. The second kappa shape index (κ2) is 3.70. The van der Waals surface area contributed by atoms with Crippen LogP contribution in [-0.4, -0.2) is 27.6 Å². The first-order valence-electron chi connectivity index (χ1n) is 6.65. The van der Waals surface area contributed by atoms with Crippen molar-refractivity contribution in [2.24, 2.45) is 0 Å². The number of aromatic nitrogens is 2. The summed E-state index contributed by atoms with van der Waals surface area (Å²) in [4.78, 5) is 13.6. The predicted molar refractivity (Wildman–Crippen MR) is 71.7 cm³/mol. The van der Waals surface area contributed by atoms with E-state index in [9.17, 15) is 4.79 Å². The van der Waals surface area contributed by atoms with Crippen LogP contribution in [0.4, 0.5) is 0 Å². The Morgan fingerprint density at radius 2 is 2.11 bits per heavy atom. The summed E-state index contributed by atoms with van der Waals surface area (Å²) in [6, 6.07) is 6.68. The molecule has 0 N–H and O–H groups in total. The molecule has 1 aliphatic carbocycles. The highest BCUT2D eigenvalue weighted by Crippen LogP contribution is 2.35. The summed E-state index contributed by atoms with van der Waals surface area (Å²) in [7, 11) is 1.84. The van der Waals surface area contributed by atoms with Crippen molar-refractivity contribution in [1.29, 1.82) is 0 Å². The highest BCUT2D eigenvalue weighted by atomic mass is 16.2. The lowest BCUT2D eigenvalue weighted by molar-refractivity contribution is 0.0816.